The molecule has 0 fully saturated rings. The largest absolute Gasteiger partial charge is 0.483 e. The van der Waals surface area contributed by atoms with Gasteiger partial charge in [0.25, 0.3) is 11.8 Å². The Balaban J connectivity index is 1.14. The second kappa shape index (κ2) is 13.8. The molecule has 3 N–H and O–H groups in total. The van der Waals surface area contributed by atoms with Gasteiger partial charge in [-0.05, 0) is 72.8 Å². The maximum atomic E-state index is 12.7. The first-order chi connectivity index (χ1) is 20.4. The second-order valence-corrected chi connectivity index (χ2v) is 10.6. The molecule has 2 amide bonds. The number of anilines is 3. The standard InChI is InChI=1S/C31H23Cl2N5O3S/c32-23-9-13-25(14-10-23)35-29(39)18-41-28-4-2-1-3-22(28)17-34-38-30(40)21-7-5-20(6-8-21)27-19-42-31(37-27)36-26-15-11-24(33)12-16-26/h1-17,19H,18H2,(H,35,39)(H,36,37)(H,38,40)/b34-17-. The molecule has 4 aromatic carbocycles. The van der Waals surface area contributed by atoms with Crippen LogP contribution in [0, 0.1) is 0 Å². The Hall–Kier alpha value is -4.70. The third-order valence-corrected chi connectivity index (χ3v) is 7.08. The van der Waals surface area contributed by atoms with E-state index in [-0.39, 0.29) is 18.4 Å². The van der Waals surface area contributed by atoms with E-state index in [2.05, 4.69) is 26.1 Å². The van der Waals surface area contributed by atoms with Crippen molar-refractivity contribution in [1.29, 1.82) is 0 Å². The van der Waals surface area contributed by atoms with E-state index in [9.17, 15) is 9.59 Å². The van der Waals surface area contributed by atoms with Crippen LogP contribution >= 0.6 is 34.5 Å². The summed E-state index contributed by atoms with van der Waals surface area (Å²) in [5, 5.41) is 14.0. The Morgan fingerprint density at radius 3 is 2.24 bits per heavy atom. The molecule has 210 valence electrons. The molecule has 0 saturated carbocycles. The van der Waals surface area contributed by atoms with Gasteiger partial charge in [0.05, 0.1) is 11.9 Å². The van der Waals surface area contributed by atoms with Crippen LogP contribution < -0.4 is 20.8 Å². The summed E-state index contributed by atoms with van der Waals surface area (Å²) in [6, 6.07) is 28.3. The van der Waals surface area contributed by atoms with Crippen molar-refractivity contribution in [2.24, 2.45) is 5.10 Å². The van der Waals surface area contributed by atoms with E-state index in [1.54, 1.807) is 60.7 Å². The minimum absolute atomic E-state index is 0.205. The van der Waals surface area contributed by atoms with Crippen molar-refractivity contribution in [1.82, 2.24) is 10.4 Å². The molecule has 5 rings (SSSR count). The van der Waals surface area contributed by atoms with Crippen LogP contribution in [0.5, 0.6) is 5.75 Å². The molecule has 1 heterocycles. The summed E-state index contributed by atoms with van der Waals surface area (Å²) >= 11 is 13.3. The molecule has 0 bridgehead atoms. The topological polar surface area (TPSA) is 105 Å². The Labute approximate surface area is 256 Å². The molecule has 0 aliphatic heterocycles. The maximum Gasteiger partial charge on any atom is 0.271 e. The Bertz CT molecular complexity index is 1710. The molecular formula is C31H23Cl2N5O3S. The van der Waals surface area contributed by atoms with Gasteiger partial charge >= 0.3 is 0 Å². The number of thiazole rings is 1. The summed E-state index contributed by atoms with van der Waals surface area (Å²) in [7, 11) is 0. The van der Waals surface area contributed by atoms with Crippen LogP contribution in [-0.2, 0) is 4.79 Å². The number of halogens is 2. The first-order valence-corrected chi connectivity index (χ1v) is 14.3. The third-order valence-electron chi connectivity index (χ3n) is 5.82. The van der Waals surface area contributed by atoms with Gasteiger partial charge in [-0.1, -0.05) is 47.5 Å². The lowest BCUT2D eigenvalue weighted by Gasteiger charge is -2.09. The molecule has 1 aromatic heterocycles. The number of hydrogen-bond donors (Lipinski definition) is 3. The fourth-order valence-electron chi connectivity index (χ4n) is 3.73. The van der Waals surface area contributed by atoms with Gasteiger partial charge < -0.3 is 15.4 Å². The van der Waals surface area contributed by atoms with Gasteiger partial charge in [0.15, 0.2) is 11.7 Å². The summed E-state index contributed by atoms with van der Waals surface area (Å²) in [6.45, 7) is -0.205. The van der Waals surface area contributed by atoms with E-state index in [0.717, 1.165) is 22.1 Å². The highest BCUT2D eigenvalue weighted by molar-refractivity contribution is 7.14. The minimum Gasteiger partial charge on any atom is -0.483 e. The van der Waals surface area contributed by atoms with Crippen LogP contribution in [0.3, 0.4) is 0 Å². The number of hydrogen-bond acceptors (Lipinski definition) is 7. The number of hydrazone groups is 1. The van der Waals surface area contributed by atoms with Gasteiger partial charge in [0.1, 0.15) is 5.75 Å². The average molecular weight is 617 g/mol. The second-order valence-electron chi connectivity index (χ2n) is 8.83. The van der Waals surface area contributed by atoms with Crippen molar-refractivity contribution < 1.29 is 14.3 Å². The zero-order valence-electron chi connectivity index (χ0n) is 21.9. The van der Waals surface area contributed by atoms with Gasteiger partial charge in [0, 0.05) is 43.5 Å². The SMILES string of the molecule is O=C(COc1ccccc1/C=N\NC(=O)c1ccc(-c2csc(Nc3ccc(Cl)cc3)n2)cc1)Nc1ccc(Cl)cc1. The Morgan fingerprint density at radius 2 is 1.52 bits per heavy atom. The van der Waals surface area contributed by atoms with E-state index in [1.165, 1.54) is 17.6 Å². The van der Waals surface area contributed by atoms with Crippen molar-refractivity contribution in [3.05, 3.63) is 124 Å². The molecule has 8 nitrogen and oxygen atoms in total. The van der Waals surface area contributed by atoms with Crippen LogP contribution in [0.2, 0.25) is 10.0 Å². The normalized spacial score (nSPS) is 10.8. The Morgan fingerprint density at radius 1 is 0.857 bits per heavy atom. The number of amides is 2. The lowest BCUT2D eigenvalue weighted by Crippen LogP contribution is -2.20. The van der Waals surface area contributed by atoms with E-state index in [4.69, 9.17) is 27.9 Å². The van der Waals surface area contributed by atoms with Gasteiger partial charge in [-0.25, -0.2) is 10.4 Å². The van der Waals surface area contributed by atoms with Gasteiger partial charge in [-0.2, -0.15) is 5.10 Å². The van der Waals surface area contributed by atoms with Crippen molar-refractivity contribution in [2.75, 3.05) is 17.2 Å². The molecule has 5 aromatic rings. The predicted octanol–water partition coefficient (Wildman–Crippen LogP) is 7.64. The van der Waals surface area contributed by atoms with Crippen molar-refractivity contribution in [3.8, 4) is 17.0 Å². The van der Waals surface area contributed by atoms with Crippen molar-refractivity contribution >= 4 is 69.1 Å². The number of rotatable bonds is 10. The number of benzene rings is 4. The average Bonchev–Trinajstić information content (AvgIpc) is 3.47. The van der Waals surface area contributed by atoms with Crippen LogP contribution in [0.4, 0.5) is 16.5 Å². The van der Waals surface area contributed by atoms with Crippen LogP contribution in [0.15, 0.2) is 108 Å². The summed E-state index contributed by atoms with van der Waals surface area (Å²) in [6.07, 6.45) is 1.46. The van der Waals surface area contributed by atoms with Crippen LogP contribution in [-0.4, -0.2) is 29.6 Å². The number of nitrogens with zero attached hydrogens (tertiary/aromatic N) is 2. The summed E-state index contributed by atoms with van der Waals surface area (Å²) in [5.74, 6) is -0.256. The number of nitrogens with one attached hydrogen (secondary N) is 3. The van der Waals surface area contributed by atoms with Gasteiger partial charge in [-0.3, -0.25) is 9.59 Å². The molecule has 0 aliphatic carbocycles. The smallest absolute Gasteiger partial charge is 0.271 e. The third kappa shape index (κ3) is 7.94. The van der Waals surface area contributed by atoms with E-state index in [1.807, 2.05) is 41.8 Å². The molecular weight excluding hydrogens is 593 g/mol. The van der Waals surface area contributed by atoms with Crippen LogP contribution in [0.1, 0.15) is 15.9 Å². The molecule has 42 heavy (non-hydrogen) atoms. The van der Waals surface area contributed by atoms with Crippen molar-refractivity contribution in [2.45, 2.75) is 0 Å². The molecule has 11 heteroatoms. The maximum absolute atomic E-state index is 12.7. The number of carbonyl (C=O) groups is 2. The fourth-order valence-corrected chi connectivity index (χ4v) is 4.72. The zero-order valence-corrected chi connectivity index (χ0v) is 24.2. The minimum atomic E-state index is -0.373. The lowest BCUT2D eigenvalue weighted by atomic mass is 10.1. The number of para-hydroxylation sites is 1. The van der Waals surface area contributed by atoms with E-state index < -0.39 is 0 Å². The summed E-state index contributed by atoms with van der Waals surface area (Å²) in [4.78, 5) is 29.6. The van der Waals surface area contributed by atoms with Gasteiger partial charge in [-0.15, -0.1) is 11.3 Å². The quantitative estimate of drug-likeness (QED) is 0.111. The number of ether oxygens (including phenoxy) is 1. The first-order valence-electron chi connectivity index (χ1n) is 12.6. The number of aromatic nitrogens is 1. The highest BCUT2D eigenvalue weighted by Crippen LogP contribution is 2.28. The molecule has 0 spiro atoms. The van der Waals surface area contributed by atoms with E-state index in [0.29, 0.717) is 32.6 Å². The van der Waals surface area contributed by atoms with Crippen molar-refractivity contribution in [3.63, 3.8) is 0 Å². The first kappa shape index (κ1) is 28.8. The van der Waals surface area contributed by atoms with E-state index >= 15 is 0 Å². The molecule has 0 unspecified atom stereocenters. The zero-order chi connectivity index (χ0) is 29.3. The molecule has 0 atom stereocenters. The highest BCUT2D eigenvalue weighted by Gasteiger charge is 2.10. The highest BCUT2D eigenvalue weighted by atomic mass is 35.5. The molecule has 0 aliphatic rings. The fraction of sp³-hybridized carbons (Fsp3) is 0.0323. The van der Waals surface area contributed by atoms with Gasteiger partial charge in [0.2, 0.25) is 0 Å². The Kier molecular flexibility index (Phi) is 9.45. The number of carbonyl (C=O) groups excluding carboxylic acids is 2. The monoisotopic (exact) mass is 615 g/mol. The summed E-state index contributed by atoms with van der Waals surface area (Å²) < 4.78 is 5.67. The predicted molar refractivity (Wildman–Crippen MR) is 169 cm³/mol. The lowest BCUT2D eigenvalue weighted by molar-refractivity contribution is -0.118. The molecule has 0 saturated heterocycles. The summed E-state index contributed by atoms with van der Waals surface area (Å²) in [5.41, 5.74) is 6.73. The van der Waals surface area contributed by atoms with Crippen LogP contribution in [0.25, 0.3) is 11.3 Å². The molecule has 0 radical (unpaired) electrons.